The first kappa shape index (κ1) is 9.51. The SMILES string of the molecule is C1=C2CCC(C1)C2.Cc1ccccc1. The number of hydrogen-bond donors (Lipinski definition) is 0. The van der Waals surface area contributed by atoms with Crippen molar-refractivity contribution in [3.05, 3.63) is 47.5 Å². The molecule has 1 unspecified atom stereocenters. The molecule has 0 spiro atoms. The van der Waals surface area contributed by atoms with E-state index >= 15 is 0 Å². The molecule has 0 aromatic heterocycles. The van der Waals surface area contributed by atoms with Gasteiger partial charge in [0.1, 0.15) is 0 Å². The molecule has 1 fully saturated rings. The molecule has 2 aliphatic carbocycles. The van der Waals surface area contributed by atoms with Crippen molar-refractivity contribution in [2.24, 2.45) is 5.92 Å². The molecule has 1 aromatic rings. The van der Waals surface area contributed by atoms with Gasteiger partial charge >= 0.3 is 0 Å². The van der Waals surface area contributed by atoms with Crippen molar-refractivity contribution in [3.63, 3.8) is 0 Å². The maximum Gasteiger partial charge on any atom is -0.0289 e. The number of rotatable bonds is 0. The van der Waals surface area contributed by atoms with E-state index in [1.807, 2.05) is 18.2 Å². The third kappa shape index (κ3) is 2.47. The van der Waals surface area contributed by atoms with Gasteiger partial charge in [0, 0.05) is 0 Å². The van der Waals surface area contributed by atoms with E-state index in [0.717, 1.165) is 5.92 Å². The van der Waals surface area contributed by atoms with Gasteiger partial charge in [-0.3, -0.25) is 0 Å². The quantitative estimate of drug-likeness (QED) is 0.535. The van der Waals surface area contributed by atoms with E-state index in [1.54, 1.807) is 5.57 Å². The number of hydrogen-bond acceptors (Lipinski definition) is 0. The van der Waals surface area contributed by atoms with Crippen LogP contribution in [0, 0.1) is 12.8 Å². The molecule has 2 aliphatic rings. The van der Waals surface area contributed by atoms with Crippen molar-refractivity contribution in [2.75, 3.05) is 0 Å². The summed E-state index contributed by atoms with van der Waals surface area (Å²) >= 11 is 0. The fraction of sp³-hybridized carbons (Fsp3) is 0.429. The van der Waals surface area contributed by atoms with Gasteiger partial charge in [0.05, 0.1) is 0 Å². The van der Waals surface area contributed by atoms with Crippen LogP contribution in [-0.2, 0) is 0 Å². The van der Waals surface area contributed by atoms with Crippen molar-refractivity contribution in [1.82, 2.24) is 0 Å². The lowest BCUT2D eigenvalue weighted by molar-refractivity contribution is 0.576. The Morgan fingerprint density at radius 1 is 1.14 bits per heavy atom. The zero-order valence-corrected chi connectivity index (χ0v) is 8.87. The molecule has 0 heterocycles. The highest BCUT2D eigenvalue weighted by Crippen LogP contribution is 2.38. The Morgan fingerprint density at radius 2 is 1.93 bits per heavy atom. The lowest BCUT2D eigenvalue weighted by Crippen LogP contribution is -1.85. The van der Waals surface area contributed by atoms with Gasteiger partial charge in [0.25, 0.3) is 0 Å². The molecule has 2 bridgehead atoms. The van der Waals surface area contributed by atoms with Gasteiger partial charge in [0.15, 0.2) is 0 Å². The predicted molar refractivity (Wildman–Crippen MR) is 61.2 cm³/mol. The molecule has 0 saturated heterocycles. The van der Waals surface area contributed by atoms with Crippen LogP contribution in [0.15, 0.2) is 42.0 Å². The third-order valence-electron chi connectivity index (χ3n) is 3.10. The van der Waals surface area contributed by atoms with Crippen LogP contribution in [0.1, 0.15) is 31.2 Å². The lowest BCUT2D eigenvalue weighted by Gasteiger charge is -1.98. The van der Waals surface area contributed by atoms with Crippen LogP contribution >= 0.6 is 0 Å². The first-order valence-corrected chi connectivity index (χ1v) is 5.54. The van der Waals surface area contributed by atoms with Crippen LogP contribution in [0.4, 0.5) is 0 Å². The van der Waals surface area contributed by atoms with E-state index in [2.05, 4.69) is 25.1 Å². The van der Waals surface area contributed by atoms with Crippen LogP contribution in [-0.4, -0.2) is 0 Å². The Kier molecular flexibility index (Phi) is 3.03. The second-order valence-corrected chi connectivity index (χ2v) is 4.36. The summed E-state index contributed by atoms with van der Waals surface area (Å²) in [5, 5.41) is 0. The minimum Gasteiger partial charge on any atom is -0.0850 e. The van der Waals surface area contributed by atoms with Crippen molar-refractivity contribution in [2.45, 2.75) is 32.6 Å². The second-order valence-electron chi connectivity index (χ2n) is 4.36. The average molecular weight is 186 g/mol. The van der Waals surface area contributed by atoms with Crippen LogP contribution < -0.4 is 0 Å². The summed E-state index contributed by atoms with van der Waals surface area (Å²) in [4.78, 5) is 0. The molecule has 1 aromatic carbocycles. The second kappa shape index (κ2) is 4.45. The van der Waals surface area contributed by atoms with Crippen molar-refractivity contribution in [1.29, 1.82) is 0 Å². The first-order chi connectivity index (χ1) is 6.84. The molecule has 0 N–H and O–H groups in total. The minimum atomic E-state index is 1.08. The topological polar surface area (TPSA) is 0 Å². The van der Waals surface area contributed by atoms with Gasteiger partial charge in [-0.25, -0.2) is 0 Å². The van der Waals surface area contributed by atoms with Crippen LogP contribution in [0.3, 0.4) is 0 Å². The minimum absolute atomic E-state index is 1.08. The van der Waals surface area contributed by atoms with Gasteiger partial charge in [-0.05, 0) is 38.5 Å². The maximum atomic E-state index is 2.42. The molecule has 0 amide bonds. The molecule has 74 valence electrons. The van der Waals surface area contributed by atoms with E-state index < -0.39 is 0 Å². The monoisotopic (exact) mass is 186 g/mol. The molecule has 1 atom stereocenters. The standard InChI is InChI=1S/C7H10.C7H8/c1-2-7-4-3-6(1)5-7;1-7-5-3-2-4-6-7/h1,7H,2-5H2;2-6H,1H3. The predicted octanol–water partition coefficient (Wildman–Crippen LogP) is 4.11. The van der Waals surface area contributed by atoms with E-state index in [-0.39, 0.29) is 0 Å². The van der Waals surface area contributed by atoms with Gasteiger partial charge in [-0.15, -0.1) is 0 Å². The van der Waals surface area contributed by atoms with Crippen LogP contribution in [0.5, 0.6) is 0 Å². The Labute approximate surface area is 86.7 Å². The molecule has 3 rings (SSSR count). The maximum absolute atomic E-state index is 2.42. The molecule has 0 radical (unpaired) electrons. The van der Waals surface area contributed by atoms with Gasteiger partial charge in [0.2, 0.25) is 0 Å². The molecule has 0 heteroatoms. The zero-order chi connectivity index (χ0) is 9.80. The summed E-state index contributed by atoms with van der Waals surface area (Å²) in [5.74, 6) is 1.08. The molecule has 0 aliphatic heterocycles. The smallest absolute Gasteiger partial charge is 0.0289 e. The number of fused-ring (bicyclic) bond motifs is 2. The highest BCUT2D eigenvalue weighted by Gasteiger charge is 2.22. The van der Waals surface area contributed by atoms with E-state index in [1.165, 1.54) is 31.2 Å². The zero-order valence-electron chi connectivity index (χ0n) is 8.87. The van der Waals surface area contributed by atoms with Crippen molar-refractivity contribution < 1.29 is 0 Å². The largest absolute Gasteiger partial charge is 0.0850 e. The van der Waals surface area contributed by atoms with E-state index in [4.69, 9.17) is 0 Å². The molecule has 14 heavy (non-hydrogen) atoms. The van der Waals surface area contributed by atoms with Crippen LogP contribution in [0.25, 0.3) is 0 Å². The van der Waals surface area contributed by atoms with E-state index in [0.29, 0.717) is 0 Å². The molecular weight excluding hydrogens is 168 g/mol. The summed E-state index contributed by atoms with van der Waals surface area (Å²) in [6.07, 6.45) is 8.18. The Hall–Kier alpha value is -1.04. The average Bonchev–Trinajstić information content (AvgIpc) is 2.83. The number of allylic oxidation sites excluding steroid dienone is 2. The van der Waals surface area contributed by atoms with Gasteiger partial charge in [-0.2, -0.15) is 0 Å². The molecular formula is C14H18. The fourth-order valence-electron chi connectivity index (χ4n) is 2.22. The lowest BCUT2D eigenvalue weighted by atomic mass is 10.1. The highest BCUT2D eigenvalue weighted by atomic mass is 14.3. The van der Waals surface area contributed by atoms with E-state index in [9.17, 15) is 0 Å². The van der Waals surface area contributed by atoms with Crippen molar-refractivity contribution >= 4 is 0 Å². The van der Waals surface area contributed by atoms with Crippen molar-refractivity contribution in [3.8, 4) is 0 Å². The Balaban J connectivity index is 0.000000107. The third-order valence-corrected chi connectivity index (χ3v) is 3.10. The summed E-state index contributed by atoms with van der Waals surface area (Å²) in [7, 11) is 0. The molecule has 0 nitrogen and oxygen atoms in total. The summed E-state index contributed by atoms with van der Waals surface area (Å²) in [5.41, 5.74) is 3.06. The highest BCUT2D eigenvalue weighted by molar-refractivity contribution is 5.15. The summed E-state index contributed by atoms with van der Waals surface area (Å²) in [6, 6.07) is 10.3. The Bertz CT molecular complexity index is 308. The number of aryl methyl sites for hydroxylation is 1. The Morgan fingerprint density at radius 3 is 2.14 bits per heavy atom. The van der Waals surface area contributed by atoms with Gasteiger partial charge in [-0.1, -0.05) is 47.5 Å². The summed E-state index contributed by atoms with van der Waals surface area (Å²) in [6.45, 7) is 2.08. The number of benzene rings is 1. The summed E-state index contributed by atoms with van der Waals surface area (Å²) < 4.78 is 0. The van der Waals surface area contributed by atoms with Gasteiger partial charge < -0.3 is 0 Å². The first-order valence-electron chi connectivity index (χ1n) is 5.54. The fourth-order valence-corrected chi connectivity index (χ4v) is 2.22. The van der Waals surface area contributed by atoms with Crippen LogP contribution in [0.2, 0.25) is 0 Å². The molecule has 1 saturated carbocycles. The normalized spacial score (nSPS) is 22.6.